The molecule has 0 bridgehead atoms. The van der Waals surface area contributed by atoms with E-state index in [0.29, 0.717) is 12.1 Å². The van der Waals surface area contributed by atoms with Crippen LogP contribution in [0.4, 0.5) is 4.39 Å². The van der Waals surface area contributed by atoms with Crippen LogP contribution in [0.1, 0.15) is 15.9 Å². The van der Waals surface area contributed by atoms with Crippen LogP contribution >= 0.6 is 0 Å². The summed E-state index contributed by atoms with van der Waals surface area (Å²) in [7, 11) is 0. The van der Waals surface area contributed by atoms with E-state index >= 15 is 0 Å². The fourth-order valence-electron chi connectivity index (χ4n) is 3.04. The lowest BCUT2D eigenvalue weighted by molar-refractivity contribution is 0.0934. The van der Waals surface area contributed by atoms with Crippen molar-refractivity contribution in [3.8, 4) is 0 Å². The zero-order valence-electron chi connectivity index (χ0n) is 14.3. The third kappa shape index (κ3) is 5.37. The number of carbonyl (C=O) groups is 1. The number of hydrogen-bond acceptors (Lipinski definition) is 3. The average Bonchev–Trinajstić information content (AvgIpc) is 2.64. The van der Waals surface area contributed by atoms with Gasteiger partial charge in [-0.2, -0.15) is 0 Å². The number of benzene rings is 2. The summed E-state index contributed by atoms with van der Waals surface area (Å²) >= 11 is 0. The van der Waals surface area contributed by atoms with E-state index in [-0.39, 0.29) is 11.7 Å². The minimum atomic E-state index is -0.329. The van der Waals surface area contributed by atoms with Gasteiger partial charge >= 0.3 is 0 Å². The first kappa shape index (κ1) is 17.6. The monoisotopic (exact) mass is 341 g/mol. The molecule has 1 aliphatic rings. The Morgan fingerprint density at radius 3 is 2.24 bits per heavy atom. The second kappa shape index (κ2) is 8.74. The highest BCUT2D eigenvalue weighted by Gasteiger charge is 2.16. The van der Waals surface area contributed by atoms with Gasteiger partial charge in [-0.05, 0) is 29.8 Å². The van der Waals surface area contributed by atoms with Crippen LogP contribution in [0.2, 0.25) is 0 Å². The lowest BCUT2D eigenvalue weighted by atomic mass is 10.2. The van der Waals surface area contributed by atoms with Crippen molar-refractivity contribution in [3.63, 3.8) is 0 Å². The quantitative estimate of drug-likeness (QED) is 0.876. The van der Waals surface area contributed by atoms with Gasteiger partial charge in [-0.25, -0.2) is 4.39 Å². The fourth-order valence-corrected chi connectivity index (χ4v) is 3.04. The maximum atomic E-state index is 12.9. The van der Waals surface area contributed by atoms with E-state index in [1.807, 2.05) is 6.07 Å². The Bertz CT molecular complexity index is 667. The molecule has 1 heterocycles. The molecule has 0 unspecified atom stereocenters. The Hall–Kier alpha value is -2.24. The van der Waals surface area contributed by atoms with E-state index in [4.69, 9.17) is 0 Å². The summed E-state index contributed by atoms with van der Waals surface area (Å²) in [5.74, 6) is -0.479. The van der Waals surface area contributed by atoms with E-state index in [1.54, 1.807) is 0 Å². The molecule has 1 N–H and O–H groups in total. The molecule has 1 saturated heterocycles. The Kier molecular flexibility index (Phi) is 6.14. The van der Waals surface area contributed by atoms with Gasteiger partial charge in [-0.1, -0.05) is 30.3 Å². The van der Waals surface area contributed by atoms with Gasteiger partial charge in [-0.3, -0.25) is 14.6 Å². The molecule has 1 amide bonds. The third-order valence-corrected chi connectivity index (χ3v) is 4.53. The van der Waals surface area contributed by atoms with Crippen molar-refractivity contribution in [1.29, 1.82) is 0 Å². The number of amides is 1. The molecule has 2 aromatic carbocycles. The summed E-state index contributed by atoms with van der Waals surface area (Å²) in [6.07, 6.45) is 0. The Morgan fingerprint density at radius 2 is 1.56 bits per heavy atom. The number of rotatable bonds is 6. The average molecular weight is 341 g/mol. The minimum absolute atomic E-state index is 0.150. The maximum absolute atomic E-state index is 12.9. The molecule has 0 atom stereocenters. The normalized spacial score (nSPS) is 15.9. The number of piperazine rings is 1. The van der Waals surface area contributed by atoms with Crippen molar-refractivity contribution >= 4 is 5.91 Å². The molecule has 4 nitrogen and oxygen atoms in total. The first-order valence-corrected chi connectivity index (χ1v) is 8.73. The SMILES string of the molecule is O=C(NCCN1CCN(Cc2ccccc2)CC1)c1ccc(F)cc1. The molecule has 1 aliphatic heterocycles. The van der Waals surface area contributed by atoms with Crippen LogP contribution in [0.3, 0.4) is 0 Å². The molecule has 0 aliphatic carbocycles. The predicted molar refractivity (Wildman–Crippen MR) is 96.9 cm³/mol. The van der Waals surface area contributed by atoms with Gasteiger partial charge in [0.2, 0.25) is 0 Å². The van der Waals surface area contributed by atoms with Gasteiger partial charge in [0, 0.05) is 51.4 Å². The molecule has 0 aromatic heterocycles. The highest BCUT2D eigenvalue weighted by atomic mass is 19.1. The number of hydrogen-bond donors (Lipinski definition) is 1. The Balaban J connectivity index is 1.35. The smallest absolute Gasteiger partial charge is 0.251 e. The lowest BCUT2D eigenvalue weighted by Crippen LogP contribution is -2.48. The van der Waals surface area contributed by atoms with Crippen LogP contribution in [0.15, 0.2) is 54.6 Å². The fraction of sp³-hybridized carbons (Fsp3) is 0.350. The Morgan fingerprint density at radius 1 is 0.920 bits per heavy atom. The molecule has 0 spiro atoms. The van der Waals surface area contributed by atoms with Gasteiger partial charge < -0.3 is 5.32 Å². The van der Waals surface area contributed by atoms with Crippen LogP contribution in [0.25, 0.3) is 0 Å². The molecule has 2 aromatic rings. The summed E-state index contributed by atoms with van der Waals surface area (Å²) in [6.45, 7) is 6.55. The van der Waals surface area contributed by atoms with Crippen LogP contribution in [-0.2, 0) is 6.54 Å². The molecule has 5 heteroatoms. The Labute approximate surface area is 148 Å². The van der Waals surface area contributed by atoms with Gasteiger partial charge in [0.15, 0.2) is 0 Å². The maximum Gasteiger partial charge on any atom is 0.251 e. The second-order valence-electron chi connectivity index (χ2n) is 6.37. The van der Waals surface area contributed by atoms with Gasteiger partial charge in [-0.15, -0.1) is 0 Å². The topological polar surface area (TPSA) is 35.6 Å². The van der Waals surface area contributed by atoms with E-state index < -0.39 is 0 Å². The predicted octanol–water partition coefficient (Wildman–Crippen LogP) is 2.37. The van der Waals surface area contributed by atoms with E-state index in [2.05, 4.69) is 39.4 Å². The van der Waals surface area contributed by atoms with Crippen LogP contribution in [0.5, 0.6) is 0 Å². The molecule has 25 heavy (non-hydrogen) atoms. The molecule has 1 fully saturated rings. The first-order valence-electron chi connectivity index (χ1n) is 8.73. The molecular weight excluding hydrogens is 317 g/mol. The van der Waals surface area contributed by atoms with Gasteiger partial charge in [0.1, 0.15) is 5.82 Å². The highest BCUT2D eigenvalue weighted by molar-refractivity contribution is 5.94. The number of carbonyl (C=O) groups excluding carboxylic acids is 1. The first-order chi connectivity index (χ1) is 12.2. The van der Waals surface area contributed by atoms with E-state index in [1.165, 1.54) is 29.8 Å². The van der Waals surface area contributed by atoms with Crippen molar-refractivity contribution in [1.82, 2.24) is 15.1 Å². The molecule has 132 valence electrons. The van der Waals surface area contributed by atoms with Crippen molar-refractivity contribution < 1.29 is 9.18 Å². The largest absolute Gasteiger partial charge is 0.351 e. The summed E-state index contributed by atoms with van der Waals surface area (Å²) in [6, 6.07) is 16.2. The van der Waals surface area contributed by atoms with Crippen LogP contribution < -0.4 is 5.32 Å². The van der Waals surface area contributed by atoms with Crippen LogP contribution in [0, 0.1) is 5.82 Å². The van der Waals surface area contributed by atoms with E-state index in [0.717, 1.165) is 39.3 Å². The second-order valence-corrected chi connectivity index (χ2v) is 6.37. The standard InChI is InChI=1S/C20H24FN3O/c21-19-8-6-18(7-9-19)20(25)22-10-11-23-12-14-24(15-13-23)16-17-4-2-1-3-5-17/h1-9H,10-16H2,(H,22,25). The molecule has 0 saturated carbocycles. The summed E-state index contributed by atoms with van der Waals surface area (Å²) < 4.78 is 12.9. The summed E-state index contributed by atoms with van der Waals surface area (Å²) in [5, 5.41) is 2.90. The number of nitrogens with zero attached hydrogens (tertiary/aromatic N) is 2. The van der Waals surface area contributed by atoms with Crippen LogP contribution in [-0.4, -0.2) is 55.0 Å². The lowest BCUT2D eigenvalue weighted by Gasteiger charge is -2.34. The summed E-state index contributed by atoms with van der Waals surface area (Å²) in [4.78, 5) is 16.8. The van der Waals surface area contributed by atoms with Crippen molar-refractivity contribution in [2.24, 2.45) is 0 Å². The molecule has 0 radical (unpaired) electrons. The zero-order valence-corrected chi connectivity index (χ0v) is 14.3. The summed E-state index contributed by atoms with van der Waals surface area (Å²) in [5.41, 5.74) is 1.84. The third-order valence-electron chi connectivity index (χ3n) is 4.53. The van der Waals surface area contributed by atoms with Gasteiger partial charge in [0.25, 0.3) is 5.91 Å². The highest BCUT2D eigenvalue weighted by Crippen LogP contribution is 2.08. The van der Waals surface area contributed by atoms with Crippen molar-refractivity contribution in [2.45, 2.75) is 6.54 Å². The molecule has 3 rings (SSSR count). The number of halogens is 1. The van der Waals surface area contributed by atoms with E-state index in [9.17, 15) is 9.18 Å². The van der Waals surface area contributed by atoms with Gasteiger partial charge in [0.05, 0.1) is 0 Å². The minimum Gasteiger partial charge on any atom is -0.351 e. The van der Waals surface area contributed by atoms with Crippen molar-refractivity contribution in [3.05, 3.63) is 71.5 Å². The number of nitrogens with one attached hydrogen (secondary N) is 1. The van der Waals surface area contributed by atoms with Crippen molar-refractivity contribution in [2.75, 3.05) is 39.3 Å². The molecular formula is C20H24FN3O. The zero-order chi connectivity index (χ0) is 17.5.